The fourth-order valence-corrected chi connectivity index (χ4v) is 3.88. The maximum atomic E-state index is 14.9. The van der Waals surface area contributed by atoms with Gasteiger partial charge in [0.1, 0.15) is 31.1 Å². The van der Waals surface area contributed by atoms with E-state index in [4.69, 9.17) is 5.41 Å². The standard InChI is InChI=1S/C25H24BF2N5O2/c26-16-5-9-22(30-14-16)32-25(35)19-13-17(27)6-8-21(19)31-24(34)18-7-4-15(12-20(18)28)23(29)33-10-2-1-3-11-33/h4-9,12-14,29H,1-3,10-11,26H2,(H,31,34)(H,30,32,35). The Labute approximate surface area is 202 Å². The molecular formula is C25H24BF2N5O2. The molecule has 178 valence electrons. The summed E-state index contributed by atoms with van der Waals surface area (Å²) in [6, 6.07) is 10.7. The van der Waals surface area contributed by atoms with Gasteiger partial charge < -0.3 is 15.5 Å². The SMILES string of the molecule is Bc1ccc(NC(=O)c2cc(F)ccc2NC(=O)c2ccc(C(=N)N3CCCCC3)cc2F)nc1. The molecule has 0 radical (unpaired) electrons. The van der Waals surface area contributed by atoms with E-state index in [2.05, 4.69) is 15.6 Å². The zero-order valence-electron chi connectivity index (χ0n) is 19.2. The van der Waals surface area contributed by atoms with Gasteiger partial charge in [-0.1, -0.05) is 17.6 Å². The van der Waals surface area contributed by atoms with Crippen LogP contribution in [0.4, 0.5) is 20.3 Å². The van der Waals surface area contributed by atoms with Crippen molar-refractivity contribution in [2.45, 2.75) is 19.3 Å². The number of carbonyl (C=O) groups excluding carboxylic acids is 2. The van der Waals surface area contributed by atoms with Crippen molar-refractivity contribution in [1.29, 1.82) is 5.41 Å². The number of hydrogen-bond acceptors (Lipinski definition) is 4. The first-order chi connectivity index (χ1) is 16.8. The van der Waals surface area contributed by atoms with Gasteiger partial charge in [0, 0.05) is 24.8 Å². The normalized spacial score (nSPS) is 13.3. The third-order valence-corrected chi connectivity index (χ3v) is 5.79. The zero-order chi connectivity index (χ0) is 24.9. The first-order valence-electron chi connectivity index (χ1n) is 11.3. The third kappa shape index (κ3) is 5.71. The lowest BCUT2D eigenvalue weighted by atomic mass is 9.99. The number of rotatable bonds is 5. The molecule has 2 aromatic carbocycles. The number of nitrogens with zero attached hydrogens (tertiary/aromatic N) is 2. The molecule has 7 nitrogen and oxygen atoms in total. The maximum Gasteiger partial charge on any atom is 0.259 e. The second kappa shape index (κ2) is 10.5. The Morgan fingerprint density at radius 2 is 1.66 bits per heavy atom. The van der Waals surface area contributed by atoms with E-state index in [0.717, 1.165) is 56.0 Å². The number of likely N-dealkylation sites (tertiary alicyclic amines) is 1. The zero-order valence-corrected chi connectivity index (χ0v) is 19.2. The van der Waals surface area contributed by atoms with Gasteiger partial charge in [-0.25, -0.2) is 13.8 Å². The first-order valence-corrected chi connectivity index (χ1v) is 11.3. The molecule has 1 fully saturated rings. The molecule has 1 aliphatic heterocycles. The largest absolute Gasteiger partial charge is 0.357 e. The van der Waals surface area contributed by atoms with Crippen LogP contribution < -0.4 is 16.1 Å². The van der Waals surface area contributed by atoms with Crippen molar-refractivity contribution in [3.63, 3.8) is 0 Å². The van der Waals surface area contributed by atoms with Crippen LogP contribution in [0.2, 0.25) is 0 Å². The summed E-state index contributed by atoms with van der Waals surface area (Å²) in [5.41, 5.74) is 0.917. The molecule has 0 unspecified atom stereocenters. The van der Waals surface area contributed by atoms with Crippen molar-refractivity contribution in [2.75, 3.05) is 23.7 Å². The minimum Gasteiger partial charge on any atom is -0.357 e. The summed E-state index contributed by atoms with van der Waals surface area (Å²) < 4.78 is 28.8. The van der Waals surface area contributed by atoms with E-state index < -0.39 is 23.4 Å². The van der Waals surface area contributed by atoms with Gasteiger partial charge in [-0.2, -0.15) is 0 Å². The second-order valence-electron chi connectivity index (χ2n) is 8.41. The molecule has 1 aliphatic rings. The lowest BCUT2D eigenvalue weighted by Gasteiger charge is -2.29. The molecule has 3 aromatic rings. The van der Waals surface area contributed by atoms with Crippen LogP contribution in [0, 0.1) is 17.0 Å². The Morgan fingerprint density at radius 1 is 0.914 bits per heavy atom. The van der Waals surface area contributed by atoms with Gasteiger partial charge in [0.05, 0.1) is 16.8 Å². The van der Waals surface area contributed by atoms with E-state index >= 15 is 0 Å². The molecule has 4 rings (SSSR count). The van der Waals surface area contributed by atoms with Crippen molar-refractivity contribution in [3.05, 3.63) is 83.1 Å². The van der Waals surface area contributed by atoms with E-state index in [1.165, 1.54) is 18.2 Å². The van der Waals surface area contributed by atoms with E-state index in [-0.39, 0.29) is 28.5 Å². The predicted molar refractivity (Wildman–Crippen MR) is 133 cm³/mol. The minimum atomic E-state index is -0.798. The quantitative estimate of drug-likeness (QED) is 0.300. The smallest absolute Gasteiger partial charge is 0.259 e. The number of piperidine rings is 1. The number of benzene rings is 2. The van der Waals surface area contributed by atoms with E-state index in [0.29, 0.717) is 5.56 Å². The average Bonchev–Trinajstić information content (AvgIpc) is 2.86. The van der Waals surface area contributed by atoms with Crippen LogP contribution in [-0.2, 0) is 0 Å². The van der Waals surface area contributed by atoms with Crippen molar-refractivity contribution >= 4 is 42.5 Å². The van der Waals surface area contributed by atoms with Crippen LogP contribution in [0.3, 0.4) is 0 Å². The molecule has 0 atom stereocenters. The molecule has 35 heavy (non-hydrogen) atoms. The summed E-state index contributed by atoms with van der Waals surface area (Å²) >= 11 is 0. The Balaban J connectivity index is 1.52. The number of amides is 2. The number of halogens is 2. The Kier molecular flexibility index (Phi) is 7.19. The Morgan fingerprint density at radius 3 is 2.34 bits per heavy atom. The molecular weight excluding hydrogens is 451 g/mol. The molecule has 2 amide bonds. The number of amidine groups is 1. The highest BCUT2D eigenvalue weighted by Crippen LogP contribution is 2.21. The summed E-state index contributed by atoms with van der Waals surface area (Å²) in [4.78, 5) is 31.6. The van der Waals surface area contributed by atoms with E-state index in [9.17, 15) is 18.4 Å². The van der Waals surface area contributed by atoms with Crippen LogP contribution in [-0.4, -0.2) is 48.5 Å². The highest BCUT2D eigenvalue weighted by molar-refractivity contribution is 6.32. The molecule has 10 heteroatoms. The van der Waals surface area contributed by atoms with Crippen molar-refractivity contribution in [3.8, 4) is 0 Å². The lowest BCUT2D eigenvalue weighted by molar-refractivity contribution is 0.102. The topological polar surface area (TPSA) is 98.2 Å². The maximum absolute atomic E-state index is 14.9. The number of carbonyl (C=O) groups is 2. The van der Waals surface area contributed by atoms with Crippen LogP contribution in [0.1, 0.15) is 45.5 Å². The predicted octanol–water partition coefficient (Wildman–Crippen LogP) is 2.93. The summed E-state index contributed by atoms with van der Waals surface area (Å²) in [6.45, 7) is 1.49. The minimum absolute atomic E-state index is 0.0190. The lowest BCUT2D eigenvalue weighted by Crippen LogP contribution is -2.35. The molecule has 0 saturated carbocycles. The van der Waals surface area contributed by atoms with Crippen molar-refractivity contribution in [2.24, 2.45) is 0 Å². The molecule has 1 aromatic heterocycles. The number of anilines is 2. The van der Waals surface area contributed by atoms with E-state index in [1.54, 1.807) is 18.3 Å². The van der Waals surface area contributed by atoms with Crippen LogP contribution >= 0.6 is 0 Å². The number of hydrogen-bond donors (Lipinski definition) is 3. The average molecular weight is 475 g/mol. The third-order valence-electron chi connectivity index (χ3n) is 5.79. The first kappa shape index (κ1) is 24.1. The number of pyridine rings is 1. The molecule has 0 spiro atoms. The highest BCUT2D eigenvalue weighted by atomic mass is 19.1. The summed E-state index contributed by atoms with van der Waals surface area (Å²) in [7, 11) is 1.85. The Hall–Kier alpha value is -4.08. The Bertz CT molecular complexity index is 1280. The summed E-state index contributed by atoms with van der Waals surface area (Å²) in [6.07, 6.45) is 4.65. The van der Waals surface area contributed by atoms with Crippen molar-refractivity contribution < 1.29 is 18.4 Å². The number of aromatic nitrogens is 1. The van der Waals surface area contributed by atoms with Gasteiger partial charge in [0.25, 0.3) is 11.8 Å². The van der Waals surface area contributed by atoms with Gasteiger partial charge in [0.15, 0.2) is 0 Å². The molecule has 0 aliphatic carbocycles. The monoisotopic (exact) mass is 475 g/mol. The highest BCUT2D eigenvalue weighted by Gasteiger charge is 2.20. The molecule has 3 N–H and O–H groups in total. The van der Waals surface area contributed by atoms with Gasteiger partial charge in [-0.3, -0.25) is 15.0 Å². The van der Waals surface area contributed by atoms with Gasteiger partial charge >= 0.3 is 0 Å². The molecule has 2 heterocycles. The molecule has 0 bridgehead atoms. The van der Waals surface area contributed by atoms with Gasteiger partial charge in [-0.05, 0) is 55.7 Å². The van der Waals surface area contributed by atoms with Crippen LogP contribution in [0.5, 0.6) is 0 Å². The fraction of sp³-hybridized carbons (Fsp3) is 0.200. The van der Waals surface area contributed by atoms with Crippen LogP contribution in [0.25, 0.3) is 0 Å². The van der Waals surface area contributed by atoms with Gasteiger partial charge in [-0.15, -0.1) is 0 Å². The second-order valence-corrected chi connectivity index (χ2v) is 8.41. The number of nitrogens with one attached hydrogen (secondary N) is 3. The summed E-state index contributed by atoms with van der Waals surface area (Å²) in [5.74, 6) is -2.46. The van der Waals surface area contributed by atoms with Gasteiger partial charge in [0.2, 0.25) is 0 Å². The fourth-order valence-electron chi connectivity index (χ4n) is 3.88. The molecule has 1 saturated heterocycles. The van der Waals surface area contributed by atoms with Crippen molar-refractivity contribution in [1.82, 2.24) is 9.88 Å². The van der Waals surface area contributed by atoms with E-state index in [1.807, 2.05) is 12.7 Å². The van der Waals surface area contributed by atoms with Crippen LogP contribution in [0.15, 0.2) is 54.7 Å². The summed E-state index contributed by atoms with van der Waals surface area (Å²) in [5, 5.41) is 13.4.